The molecule has 11 heavy (non-hydrogen) atoms. The summed E-state index contributed by atoms with van der Waals surface area (Å²) in [5.74, 6) is 0.886. The van der Waals surface area contributed by atoms with E-state index >= 15 is 0 Å². The Morgan fingerprint density at radius 2 is 1.73 bits per heavy atom. The smallest absolute Gasteiger partial charge is 0.192 e. The molecule has 0 amide bonds. The van der Waals surface area contributed by atoms with Crippen LogP contribution in [0, 0.1) is 0 Å². The van der Waals surface area contributed by atoms with E-state index in [1.165, 1.54) is 11.8 Å². The maximum atomic E-state index is 5.53. The standard InChI is InChI=1S/C5H5Cl2N3S/c1-2-11-5-9-3(6)8-4(7)10-5/h2H2,1H3. The highest BCUT2D eigenvalue weighted by molar-refractivity contribution is 7.99. The first-order chi connectivity index (χ1) is 5.22. The molecule has 1 aromatic heterocycles. The van der Waals surface area contributed by atoms with Gasteiger partial charge >= 0.3 is 0 Å². The van der Waals surface area contributed by atoms with Gasteiger partial charge in [0.05, 0.1) is 0 Å². The molecule has 1 rings (SSSR count). The van der Waals surface area contributed by atoms with Crippen molar-refractivity contribution in [1.29, 1.82) is 0 Å². The highest BCUT2D eigenvalue weighted by Crippen LogP contribution is 2.15. The van der Waals surface area contributed by atoms with Crippen LogP contribution in [0.4, 0.5) is 0 Å². The van der Waals surface area contributed by atoms with Crippen LogP contribution < -0.4 is 0 Å². The van der Waals surface area contributed by atoms with Crippen LogP contribution in [0.2, 0.25) is 10.6 Å². The number of halogens is 2. The zero-order valence-electron chi connectivity index (χ0n) is 5.71. The summed E-state index contributed by atoms with van der Waals surface area (Å²) >= 11 is 12.5. The van der Waals surface area contributed by atoms with Crippen molar-refractivity contribution in [2.45, 2.75) is 12.1 Å². The van der Waals surface area contributed by atoms with Gasteiger partial charge in [-0.2, -0.15) is 15.0 Å². The summed E-state index contributed by atoms with van der Waals surface area (Å²) < 4.78 is 0. The second kappa shape index (κ2) is 4.09. The molecule has 0 aliphatic rings. The van der Waals surface area contributed by atoms with Gasteiger partial charge in [0.25, 0.3) is 0 Å². The van der Waals surface area contributed by atoms with Crippen molar-refractivity contribution >= 4 is 35.0 Å². The molecular weight excluding hydrogens is 205 g/mol. The van der Waals surface area contributed by atoms with Gasteiger partial charge < -0.3 is 0 Å². The molecule has 0 bridgehead atoms. The topological polar surface area (TPSA) is 38.7 Å². The lowest BCUT2D eigenvalue weighted by Crippen LogP contribution is -1.91. The third-order valence-corrected chi connectivity index (χ3v) is 1.90. The molecular formula is C5H5Cl2N3S. The van der Waals surface area contributed by atoms with Crippen molar-refractivity contribution in [1.82, 2.24) is 15.0 Å². The average Bonchev–Trinajstić information content (AvgIpc) is 1.85. The lowest BCUT2D eigenvalue weighted by Gasteiger charge is -1.95. The minimum Gasteiger partial charge on any atom is -0.192 e. The second-order valence-corrected chi connectivity index (χ2v) is 3.50. The van der Waals surface area contributed by atoms with Crippen molar-refractivity contribution < 1.29 is 0 Å². The molecule has 0 aromatic carbocycles. The normalized spacial score (nSPS) is 10.1. The molecule has 0 radical (unpaired) electrons. The Kier molecular flexibility index (Phi) is 3.36. The fourth-order valence-corrected chi connectivity index (χ4v) is 1.53. The van der Waals surface area contributed by atoms with E-state index < -0.39 is 0 Å². The highest BCUT2D eigenvalue weighted by Gasteiger charge is 2.01. The number of thioether (sulfide) groups is 1. The minimum absolute atomic E-state index is 0.140. The Labute approximate surface area is 78.5 Å². The van der Waals surface area contributed by atoms with Crippen LogP contribution in [0.5, 0.6) is 0 Å². The molecule has 60 valence electrons. The lowest BCUT2D eigenvalue weighted by molar-refractivity contribution is 0.904. The highest BCUT2D eigenvalue weighted by atomic mass is 35.5. The van der Waals surface area contributed by atoms with Gasteiger partial charge in [0.1, 0.15) is 0 Å². The lowest BCUT2D eigenvalue weighted by atomic mass is 11.0. The predicted octanol–water partition coefficient (Wildman–Crippen LogP) is 2.29. The molecule has 0 atom stereocenters. The van der Waals surface area contributed by atoms with E-state index in [1.54, 1.807) is 0 Å². The Hall–Kier alpha value is -0.0600. The molecule has 1 aromatic rings. The number of nitrogens with zero attached hydrogens (tertiary/aromatic N) is 3. The molecule has 6 heteroatoms. The summed E-state index contributed by atoms with van der Waals surface area (Å²) in [4.78, 5) is 11.3. The third kappa shape index (κ3) is 2.81. The average molecular weight is 210 g/mol. The first kappa shape index (κ1) is 9.03. The number of rotatable bonds is 2. The molecule has 0 saturated heterocycles. The van der Waals surface area contributed by atoms with Crippen LogP contribution in [0.1, 0.15) is 6.92 Å². The van der Waals surface area contributed by atoms with Crippen molar-refractivity contribution in [2.75, 3.05) is 5.75 Å². The van der Waals surface area contributed by atoms with E-state index in [0.717, 1.165) is 5.75 Å². The summed E-state index contributed by atoms with van der Waals surface area (Å²) in [5.41, 5.74) is 0. The maximum absolute atomic E-state index is 5.53. The Balaban J connectivity index is 2.89. The quantitative estimate of drug-likeness (QED) is 0.702. The van der Waals surface area contributed by atoms with E-state index in [4.69, 9.17) is 23.2 Å². The van der Waals surface area contributed by atoms with Crippen LogP contribution in [-0.4, -0.2) is 20.7 Å². The van der Waals surface area contributed by atoms with E-state index in [1.807, 2.05) is 6.92 Å². The summed E-state index contributed by atoms with van der Waals surface area (Å²) in [6, 6.07) is 0. The van der Waals surface area contributed by atoms with Crippen molar-refractivity contribution in [3.63, 3.8) is 0 Å². The molecule has 1 heterocycles. The van der Waals surface area contributed by atoms with Crippen LogP contribution >= 0.6 is 35.0 Å². The second-order valence-electron chi connectivity index (χ2n) is 1.59. The van der Waals surface area contributed by atoms with E-state index in [0.29, 0.717) is 5.16 Å². The monoisotopic (exact) mass is 209 g/mol. The Bertz CT molecular complexity index is 235. The predicted molar refractivity (Wildman–Crippen MR) is 46.2 cm³/mol. The van der Waals surface area contributed by atoms with Gasteiger partial charge in [-0.1, -0.05) is 18.7 Å². The first-order valence-electron chi connectivity index (χ1n) is 2.92. The summed E-state index contributed by atoms with van der Waals surface area (Å²) in [6.07, 6.45) is 0. The first-order valence-corrected chi connectivity index (χ1v) is 4.66. The van der Waals surface area contributed by atoms with Gasteiger partial charge in [0, 0.05) is 0 Å². The summed E-state index contributed by atoms with van der Waals surface area (Å²) in [6.45, 7) is 2.00. The van der Waals surface area contributed by atoms with Gasteiger partial charge in [-0.25, -0.2) is 0 Å². The van der Waals surface area contributed by atoms with Gasteiger partial charge in [-0.05, 0) is 29.0 Å². The minimum atomic E-state index is 0.140. The van der Waals surface area contributed by atoms with Crippen LogP contribution in [-0.2, 0) is 0 Å². The van der Waals surface area contributed by atoms with E-state index in [9.17, 15) is 0 Å². The zero-order valence-corrected chi connectivity index (χ0v) is 8.04. The molecule has 0 N–H and O–H groups in total. The molecule has 0 aliphatic carbocycles. The molecule has 0 unspecified atom stereocenters. The van der Waals surface area contributed by atoms with Gasteiger partial charge in [-0.3, -0.25) is 0 Å². The molecule has 3 nitrogen and oxygen atoms in total. The van der Waals surface area contributed by atoms with Gasteiger partial charge in [0.2, 0.25) is 10.6 Å². The van der Waals surface area contributed by atoms with Crippen molar-refractivity contribution in [3.8, 4) is 0 Å². The van der Waals surface area contributed by atoms with Crippen molar-refractivity contribution in [3.05, 3.63) is 10.6 Å². The van der Waals surface area contributed by atoms with Gasteiger partial charge in [0.15, 0.2) is 5.16 Å². The largest absolute Gasteiger partial charge is 0.227 e. The third-order valence-electron chi connectivity index (χ3n) is 0.834. The number of hydrogen-bond acceptors (Lipinski definition) is 4. The summed E-state index contributed by atoms with van der Waals surface area (Å²) in [7, 11) is 0. The molecule has 0 fully saturated rings. The number of aromatic nitrogens is 3. The van der Waals surface area contributed by atoms with E-state index in [-0.39, 0.29) is 10.6 Å². The van der Waals surface area contributed by atoms with Crippen LogP contribution in [0.25, 0.3) is 0 Å². The van der Waals surface area contributed by atoms with Crippen LogP contribution in [0.3, 0.4) is 0 Å². The van der Waals surface area contributed by atoms with E-state index in [2.05, 4.69) is 15.0 Å². The summed E-state index contributed by atoms with van der Waals surface area (Å²) in [5, 5.41) is 0.847. The maximum Gasteiger partial charge on any atom is 0.227 e. The molecule has 0 saturated carbocycles. The SMILES string of the molecule is CCSc1nc(Cl)nc(Cl)n1. The Morgan fingerprint density at radius 3 is 2.18 bits per heavy atom. The van der Waals surface area contributed by atoms with Crippen molar-refractivity contribution in [2.24, 2.45) is 0 Å². The van der Waals surface area contributed by atoms with Crippen LogP contribution in [0.15, 0.2) is 5.16 Å². The molecule has 0 spiro atoms. The van der Waals surface area contributed by atoms with Gasteiger partial charge in [-0.15, -0.1) is 0 Å². The number of hydrogen-bond donors (Lipinski definition) is 0. The Morgan fingerprint density at radius 1 is 1.18 bits per heavy atom. The fourth-order valence-electron chi connectivity index (χ4n) is 0.503. The molecule has 0 aliphatic heterocycles. The fraction of sp³-hybridized carbons (Fsp3) is 0.400. The zero-order chi connectivity index (χ0) is 8.27.